The van der Waals surface area contributed by atoms with Gasteiger partial charge in [0.2, 0.25) is 5.91 Å². The Balaban J connectivity index is 2.11. The Morgan fingerprint density at radius 1 is 1.47 bits per heavy atom. The van der Waals surface area contributed by atoms with Crippen molar-refractivity contribution in [2.45, 2.75) is 38.5 Å². The van der Waals surface area contributed by atoms with Crippen molar-refractivity contribution in [2.24, 2.45) is 0 Å². The molecule has 0 aliphatic heterocycles. The molecule has 0 radical (unpaired) electrons. The van der Waals surface area contributed by atoms with Gasteiger partial charge in [0.1, 0.15) is 0 Å². The summed E-state index contributed by atoms with van der Waals surface area (Å²) in [4.78, 5) is 13.6. The molecule has 0 saturated carbocycles. The van der Waals surface area contributed by atoms with Gasteiger partial charge in [-0.25, -0.2) is 0 Å². The highest BCUT2D eigenvalue weighted by molar-refractivity contribution is 6.18. The van der Waals surface area contributed by atoms with Gasteiger partial charge in [-0.1, -0.05) is 0 Å². The van der Waals surface area contributed by atoms with Crippen LogP contribution in [0.2, 0.25) is 0 Å². The summed E-state index contributed by atoms with van der Waals surface area (Å²) in [5.41, 5.74) is 2.42. The number of aromatic amines is 1. The standard InChI is InChI=1S/C12H18ClN3O/c1-16(11(17)7-4-8-13)12-9-5-2-3-6-10(9)14-15-12/h2-8H2,1H3,(H,14,15). The molecule has 0 fully saturated rings. The molecule has 2 rings (SSSR count). The van der Waals surface area contributed by atoms with Gasteiger partial charge in [-0.2, -0.15) is 5.10 Å². The van der Waals surface area contributed by atoms with E-state index in [0.717, 1.165) is 25.1 Å². The van der Waals surface area contributed by atoms with Crippen molar-refractivity contribution in [1.82, 2.24) is 10.2 Å². The van der Waals surface area contributed by atoms with Crippen LogP contribution >= 0.6 is 11.6 Å². The number of aromatic nitrogens is 2. The summed E-state index contributed by atoms with van der Waals surface area (Å²) in [6.45, 7) is 0. The monoisotopic (exact) mass is 255 g/mol. The van der Waals surface area contributed by atoms with Crippen LogP contribution in [0.5, 0.6) is 0 Å². The second-order valence-corrected chi connectivity index (χ2v) is 4.83. The quantitative estimate of drug-likeness (QED) is 0.839. The minimum Gasteiger partial charge on any atom is -0.298 e. The van der Waals surface area contributed by atoms with E-state index in [-0.39, 0.29) is 5.91 Å². The van der Waals surface area contributed by atoms with Gasteiger partial charge in [0.25, 0.3) is 0 Å². The Hall–Kier alpha value is -1.03. The third-order valence-electron chi connectivity index (χ3n) is 3.25. The number of carbonyl (C=O) groups is 1. The highest BCUT2D eigenvalue weighted by atomic mass is 35.5. The topological polar surface area (TPSA) is 49.0 Å². The molecule has 0 aromatic carbocycles. The lowest BCUT2D eigenvalue weighted by atomic mass is 9.97. The average Bonchev–Trinajstić information content (AvgIpc) is 2.78. The maximum atomic E-state index is 11.9. The second kappa shape index (κ2) is 5.54. The Morgan fingerprint density at radius 3 is 3.00 bits per heavy atom. The summed E-state index contributed by atoms with van der Waals surface area (Å²) < 4.78 is 0. The number of anilines is 1. The Bertz CT molecular complexity index is 402. The zero-order chi connectivity index (χ0) is 12.3. The van der Waals surface area contributed by atoms with E-state index in [4.69, 9.17) is 11.6 Å². The van der Waals surface area contributed by atoms with Crippen molar-refractivity contribution in [3.8, 4) is 0 Å². The van der Waals surface area contributed by atoms with Crippen LogP contribution in [-0.2, 0) is 17.6 Å². The van der Waals surface area contributed by atoms with Gasteiger partial charge in [0, 0.05) is 30.6 Å². The van der Waals surface area contributed by atoms with Crippen molar-refractivity contribution in [3.63, 3.8) is 0 Å². The number of hydrogen-bond donors (Lipinski definition) is 1. The molecule has 1 aliphatic rings. The second-order valence-electron chi connectivity index (χ2n) is 4.46. The van der Waals surface area contributed by atoms with Crippen LogP contribution in [0.4, 0.5) is 5.82 Å². The van der Waals surface area contributed by atoms with Gasteiger partial charge in [0.05, 0.1) is 0 Å². The summed E-state index contributed by atoms with van der Waals surface area (Å²) in [5.74, 6) is 1.42. The van der Waals surface area contributed by atoms with E-state index in [2.05, 4.69) is 10.2 Å². The van der Waals surface area contributed by atoms with Crippen LogP contribution < -0.4 is 4.90 Å². The van der Waals surface area contributed by atoms with Crippen LogP contribution in [0.3, 0.4) is 0 Å². The Kier molecular flexibility index (Phi) is 4.05. The Morgan fingerprint density at radius 2 is 2.24 bits per heavy atom. The van der Waals surface area contributed by atoms with Crippen LogP contribution in [0.1, 0.15) is 36.9 Å². The zero-order valence-electron chi connectivity index (χ0n) is 10.1. The van der Waals surface area contributed by atoms with Crippen molar-refractivity contribution < 1.29 is 4.79 Å². The number of hydrogen-bond acceptors (Lipinski definition) is 2. The van der Waals surface area contributed by atoms with Crippen molar-refractivity contribution >= 4 is 23.3 Å². The maximum Gasteiger partial charge on any atom is 0.227 e. The van der Waals surface area contributed by atoms with Gasteiger partial charge >= 0.3 is 0 Å². The van der Waals surface area contributed by atoms with Gasteiger partial charge in [-0.15, -0.1) is 11.6 Å². The molecule has 4 nitrogen and oxygen atoms in total. The molecule has 1 aromatic rings. The van der Waals surface area contributed by atoms with E-state index in [1.54, 1.807) is 11.9 Å². The number of carbonyl (C=O) groups excluding carboxylic acids is 1. The minimum absolute atomic E-state index is 0.0884. The predicted molar refractivity (Wildman–Crippen MR) is 68.6 cm³/mol. The van der Waals surface area contributed by atoms with Gasteiger partial charge in [-0.05, 0) is 32.1 Å². The molecule has 94 valence electrons. The molecule has 1 heterocycles. The first-order valence-electron chi connectivity index (χ1n) is 6.12. The molecule has 1 amide bonds. The molecule has 0 spiro atoms. The lowest BCUT2D eigenvalue weighted by molar-refractivity contribution is -0.118. The fraction of sp³-hybridized carbons (Fsp3) is 0.667. The van der Waals surface area contributed by atoms with E-state index < -0.39 is 0 Å². The number of fused-ring (bicyclic) bond motifs is 1. The molecule has 1 N–H and O–H groups in total. The van der Waals surface area contributed by atoms with Crippen LogP contribution in [-0.4, -0.2) is 29.0 Å². The SMILES string of the molecule is CN(C(=O)CCCCl)c1n[nH]c2c1CCCC2. The molecule has 5 heteroatoms. The molecule has 1 aliphatic carbocycles. The molecule has 1 aromatic heterocycles. The lowest BCUT2D eigenvalue weighted by Gasteiger charge is -2.18. The summed E-state index contributed by atoms with van der Waals surface area (Å²) in [6.07, 6.45) is 5.67. The molecule has 0 bridgehead atoms. The number of halogens is 1. The molecule has 0 unspecified atom stereocenters. The average molecular weight is 256 g/mol. The van der Waals surface area contributed by atoms with Crippen molar-refractivity contribution in [3.05, 3.63) is 11.3 Å². The normalized spacial score (nSPS) is 14.5. The van der Waals surface area contributed by atoms with E-state index in [1.807, 2.05) is 0 Å². The molecular formula is C12H18ClN3O. The van der Waals surface area contributed by atoms with Crippen LogP contribution in [0.15, 0.2) is 0 Å². The summed E-state index contributed by atoms with van der Waals surface area (Å²) >= 11 is 5.60. The van der Waals surface area contributed by atoms with Crippen LogP contribution in [0.25, 0.3) is 0 Å². The molecule has 0 atom stereocenters. The number of nitrogens with one attached hydrogen (secondary N) is 1. The first-order chi connectivity index (χ1) is 8.24. The number of nitrogens with zero attached hydrogens (tertiary/aromatic N) is 2. The number of H-pyrrole nitrogens is 1. The van der Waals surface area contributed by atoms with E-state index in [0.29, 0.717) is 12.3 Å². The largest absolute Gasteiger partial charge is 0.298 e. The van der Waals surface area contributed by atoms with Crippen molar-refractivity contribution in [1.29, 1.82) is 0 Å². The zero-order valence-corrected chi connectivity index (χ0v) is 10.9. The van der Waals surface area contributed by atoms with E-state index in [9.17, 15) is 4.79 Å². The number of alkyl halides is 1. The van der Waals surface area contributed by atoms with Gasteiger partial charge in [-0.3, -0.25) is 14.8 Å². The smallest absolute Gasteiger partial charge is 0.227 e. The van der Waals surface area contributed by atoms with Crippen LogP contribution in [0, 0.1) is 0 Å². The molecular weight excluding hydrogens is 238 g/mol. The summed E-state index contributed by atoms with van der Waals surface area (Å²) in [7, 11) is 1.79. The highest BCUT2D eigenvalue weighted by Crippen LogP contribution is 2.27. The number of amides is 1. The van der Waals surface area contributed by atoms with E-state index in [1.165, 1.54) is 24.1 Å². The van der Waals surface area contributed by atoms with E-state index >= 15 is 0 Å². The van der Waals surface area contributed by atoms with Crippen molar-refractivity contribution in [2.75, 3.05) is 17.8 Å². The highest BCUT2D eigenvalue weighted by Gasteiger charge is 2.22. The minimum atomic E-state index is 0.0884. The lowest BCUT2D eigenvalue weighted by Crippen LogP contribution is -2.27. The third kappa shape index (κ3) is 2.63. The molecule has 17 heavy (non-hydrogen) atoms. The third-order valence-corrected chi connectivity index (χ3v) is 3.52. The van der Waals surface area contributed by atoms with Gasteiger partial charge < -0.3 is 0 Å². The fourth-order valence-corrected chi connectivity index (χ4v) is 2.38. The number of aryl methyl sites for hydroxylation is 1. The first-order valence-corrected chi connectivity index (χ1v) is 6.66. The summed E-state index contributed by atoms with van der Waals surface area (Å²) in [6, 6.07) is 0. The van der Waals surface area contributed by atoms with Gasteiger partial charge in [0.15, 0.2) is 5.82 Å². The maximum absolute atomic E-state index is 11.9. The predicted octanol–water partition coefficient (Wildman–Crippen LogP) is 2.27. The fourth-order valence-electron chi connectivity index (χ4n) is 2.24. The molecule has 0 saturated heterocycles. The first kappa shape index (κ1) is 12.4. The number of rotatable bonds is 4. The Labute approximate surface area is 106 Å². The summed E-state index contributed by atoms with van der Waals surface area (Å²) in [5, 5.41) is 7.32.